The minimum Gasteiger partial charge on any atom is -0.381 e. The quantitative estimate of drug-likeness (QED) is 0.881. The summed E-state index contributed by atoms with van der Waals surface area (Å²) in [7, 11) is -3.32. The number of anilines is 1. The van der Waals surface area contributed by atoms with Crippen LogP contribution in [-0.4, -0.2) is 46.0 Å². The summed E-state index contributed by atoms with van der Waals surface area (Å²) < 4.78 is 35.3. The molecular weight excluding hydrogens is 318 g/mol. The number of hydrogen-bond donors (Lipinski definition) is 1. The van der Waals surface area contributed by atoms with Crippen LogP contribution in [0.3, 0.4) is 0 Å². The number of hydrogen-bond acceptors (Lipinski definition) is 5. The summed E-state index contributed by atoms with van der Waals surface area (Å²) in [6.07, 6.45) is 2.00. The third-order valence-electron chi connectivity index (χ3n) is 4.18. The molecule has 6 nitrogen and oxygen atoms in total. The van der Waals surface area contributed by atoms with Gasteiger partial charge in [0.1, 0.15) is 6.10 Å². The van der Waals surface area contributed by atoms with E-state index in [-0.39, 0.29) is 22.5 Å². The summed E-state index contributed by atoms with van der Waals surface area (Å²) in [6.45, 7) is 1.75. The first kappa shape index (κ1) is 16.4. The minimum atomic E-state index is -3.32. The Kier molecular flexibility index (Phi) is 4.99. The maximum absolute atomic E-state index is 12.4. The number of rotatable bonds is 5. The van der Waals surface area contributed by atoms with Crippen LogP contribution < -0.4 is 5.32 Å². The van der Waals surface area contributed by atoms with Crippen molar-refractivity contribution in [3.63, 3.8) is 0 Å². The molecule has 7 heteroatoms. The second-order valence-corrected chi connectivity index (χ2v) is 8.06. The average molecular weight is 339 g/mol. The first-order chi connectivity index (χ1) is 11.0. The van der Waals surface area contributed by atoms with E-state index in [2.05, 4.69) is 5.32 Å². The highest BCUT2D eigenvalue weighted by Crippen LogP contribution is 2.22. The summed E-state index contributed by atoms with van der Waals surface area (Å²) in [4.78, 5) is 12.2. The first-order valence-electron chi connectivity index (χ1n) is 7.88. The third kappa shape index (κ3) is 4.10. The van der Waals surface area contributed by atoms with Crippen LogP contribution in [-0.2, 0) is 24.1 Å². The Bertz CT molecular complexity index is 644. The van der Waals surface area contributed by atoms with E-state index in [0.717, 1.165) is 19.3 Å². The van der Waals surface area contributed by atoms with E-state index in [4.69, 9.17) is 9.47 Å². The van der Waals surface area contributed by atoms with Crippen LogP contribution in [0.2, 0.25) is 0 Å². The highest BCUT2D eigenvalue weighted by atomic mass is 32.2. The lowest BCUT2D eigenvalue weighted by molar-refractivity contribution is -0.124. The largest absolute Gasteiger partial charge is 0.381 e. The van der Waals surface area contributed by atoms with E-state index in [0.29, 0.717) is 25.5 Å². The maximum atomic E-state index is 12.4. The van der Waals surface area contributed by atoms with Crippen molar-refractivity contribution in [3.8, 4) is 0 Å². The zero-order chi connectivity index (χ0) is 16.3. The monoisotopic (exact) mass is 339 g/mol. The Hall–Kier alpha value is -1.44. The molecule has 23 heavy (non-hydrogen) atoms. The smallest absolute Gasteiger partial charge is 0.253 e. The van der Waals surface area contributed by atoms with Gasteiger partial charge in [-0.3, -0.25) is 4.79 Å². The van der Waals surface area contributed by atoms with Gasteiger partial charge >= 0.3 is 0 Å². The Labute approximate surface area is 136 Å². The number of carbonyl (C=O) groups excluding carboxylic acids is 1. The zero-order valence-corrected chi connectivity index (χ0v) is 13.7. The van der Waals surface area contributed by atoms with Crippen LogP contribution in [0.5, 0.6) is 0 Å². The number of benzene rings is 1. The van der Waals surface area contributed by atoms with E-state index in [9.17, 15) is 13.2 Å². The lowest BCUT2D eigenvalue weighted by atomic mass is 10.2. The van der Waals surface area contributed by atoms with Gasteiger partial charge in [-0.1, -0.05) is 0 Å². The second kappa shape index (κ2) is 6.98. The van der Waals surface area contributed by atoms with E-state index in [1.165, 1.54) is 12.1 Å². The molecule has 1 N–H and O–H groups in total. The van der Waals surface area contributed by atoms with Crippen LogP contribution in [0.4, 0.5) is 5.69 Å². The van der Waals surface area contributed by atoms with Crippen molar-refractivity contribution >= 4 is 21.4 Å². The number of amides is 1. The predicted molar refractivity (Wildman–Crippen MR) is 85.0 cm³/mol. The molecule has 126 valence electrons. The summed E-state index contributed by atoms with van der Waals surface area (Å²) in [5.41, 5.74) is 0.577. The number of ether oxygens (including phenoxy) is 2. The molecule has 0 saturated carbocycles. The molecule has 0 radical (unpaired) electrons. The molecule has 0 unspecified atom stereocenters. The van der Waals surface area contributed by atoms with Crippen LogP contribution >= 0.6 is 0 Å². The second-order valence-electron chi connectivity index (χ2n) is 6.03. The summed E-state index contributed by atoms with van der Waals surface area (Å²) in [6, 6.07) is 6.31. The van der Waals surface area contributed by atoms with Crippen molar-refractivity contribution in [2.45, 2.75) is 30.3 Å². The fourth-order valence-corrected chi connectivity index (χ4v) is 4.50. The molecular formula is C16H21NO5S. The molecule has 0 aliphatic carbocycles. The fraction of sp³-hybridized carbons (Fsp3) is 0.562. The molecule has 2 heterocycles. The maximum Gasteiger partial charge on any atom is 0.253 e. The molecule has 0 aromatic heterocycles. The molecule has 2 aliphatic rings. The van der Waals surface area contributed by atoms with Gasteiger partial charge < -0.3 is 14.8 Å². The number of sulfone groups is 1. The molecule has 3 rings (SSSR count). The lowest BCUT2D eigenvalue weighted by Crippen LogP contribution is -2.26. The van der Waals surface area contributed by atoms with Crippen LogP contribution in [0.25, 0.3) is 0 Å². The van der Waals surface area contributed by atoms with Gasteiger partial charge in [-0.2, -0.15) is 0 Å². The molecule has 2 aliphatic heterocycles. The number of carbonyl (C=O) groups is 1. The van der Waals surface area contributed by atoms with Crippen LogP contribution in [0.1, 0.15) is 19.3 Å². The SMILES string of the molecule is O=C(Nc1ccc(S(=O)(=O)C[C@H]2CCOC2)cc1)[C@H]1CCCO1. The lowest BCUT2D eigenvalue weighted by Gasteiger charge is -2.12. The van der Waals surface area contributed by atoms with Gasteiger partial charge in [0.2, 0.25) is 0 Å². The Morgan fingerprint density at radius 3 is 2.57 bits per heavy atom. The van der Waals surface area contributed by atoms with E-state index >= 15 is 0 Å². The van der Waals surface area contributed by atoms with Crippen molar-refractivity contribution in [2.24, 2.45) is 5.92 Å². The van der Waals surface area contributed by atoms with E-state index in [1.54, 1.807) is 12.1 Å². The molecule has 2 fully saturated rings. The standard InChI is InChI=1S/C16H21NO5S/c18-16(15-2-1-8-22-15)17-13-3-5-14(6-4-13)23(19,20)11-12-7-9-21-10-12/h3-6,12,15H,1-2,7-11H2,(H,17,18)/t12-,15+/m0/s1. The fourth-order valence-electron chi connectivity index (χ4n) is 2.87. The van der Waals surface area contributed by atoms with Crippen molar-refractivity contribution in [2.75, 3.05) is 30.9 Å². The Morgan fingerprint density at radius 2 is 1.96 bits per heavy atom. The summed E-state index contributed by atoms with van der Waals surface area (Å²) in [5, 5.41) is 2.76. The van der Waals surface area contributed by atoms with Gasteiger partial charge in [-0.25, -0.2) is 8.42 Å². The van der Waals surface area contributed by atoms with Crippen molar-refractivity contribution in [3.05, 3.63) is 24.3 Å². The van der Waals surface area contributed by atoms with Gasteiger partial charge in [-0.05, 0) is 49.4 Å². The topological polar surface area (TPSA) is 81.7 Å². The first-order valence-corrected chi connectivity index (χ1v) is 9.53. The van der Waals surface area contributed by atoms with Gasteiger partial charge in [0.15, 0.2) is 9.84 Å². The zero-order valence-electron chi connectivity index (χ0n) is 12.9. The highest BCUT2D eigenvalue weighted by Gasteiger charge is 2.25. The highest BCUT2D eigenvalue weighted by molar-refractivity contribution is 7.91. The summed E-state index contributed by atoms with van der Waals surface area (Å²) in [5.74, 6) is -0.00524. The Morgan fingerprint density at radius 1 is 1.17 bits per heavy atom. The average Bonchev–Trinajstić information content (AvgIpc) is 3.20. The van der Waals surface area contributed by atoms with Gasteiger partial charge in [0.05, 0.1) is 17.3 Å². The predicted octanol–water partition coefficient (Wildman–Crippen LogP) is 1.61. The Balaban J connectivity index is 1.62. The molecule has 1 aromatic carbocycles. The molecule has 0 bridgehead atoms. The van der Waals surface area contributed by atoms with Crippen LogP contribution in [0, 0.1) is 5.92 Å². The molecule has 1 amide bonds. The van der Waals surface area contributed by atoms with Crippen molar-refractivity contribution < 1.29 is 22.7 Å². The van der Waals surface area contributed by atoms with Gasteiger partial charge in [0.25, 0.3) is 5.91 Å². The van der Waals surface area contributed by atoms with Gasteiger partial charge in [0, 0.05) is 18.9 Å². The molecule has 1 aromatic rings. The molecule has 0 spiro atoms. The minimum absolute atomic E-state index is 0.0684. The summed E-state index contributed by atoms with van der Waals surface area (Å²) >= 11 is 0. The van der Waals surface area contributed by atoms with Crippen molar-refractivity contribution in [1.29, 1.82) is 0 Å². The van der Waals surface area contributed by atoms with Gasteiger partial charge in [-0.15, -0.1) is 0 Å². The van der Waals surface area contributed by atoms with Crippen LogP contribution in [0.15, 0.2) is 29.2 Å². The van der Waals surface area contributed by atoms with Crippen molar-refractivity contribution in [1.82, 2.24) is 0 Å². The molecule has 2 atom stereocenters. The van der Waals surface area contributed by atoms with E-state index in [1.807, 2.05) is 0 Å². The van der Waals surface area contributed by atoms with E-state index < -0.39 is 15.9 Å². The normalized spacial score (nSPS) is 24.7. The molecule has 2 saturated heterocycles. The third-order valence-corrected chi connectivity index (χ3v) is 6.08. The number of nitrogens with one attached hydrogen (secondary N) is 1.